The quantitative estimate of drug-likeness (QED) is 0.296. The van der Waals surface area contributed by atoms with Crippen molar-refractivity contribution in [2.24, 2.45) is 0 Å². The van der Waals surface area contributed by atoms with Crippen LogP contribution in [0.15, 0.2) is 12.2 Å². The molecule has 0 aromatic heterocycles. The molecule has 1 atom stereocenters. The monoisotopic (exact) mass is 286 g/mol. The van der Waals surface area contributed by atoms with Crippen LogP contribution in [0.3, 0.4) is 0 Å². The van der Waals surface area contributed by atoms with Crippen LogP contribution in [0.2, 0.25) is 0 Å². The zero-order valence-corrected chi connectivity index (χ0v) is 10.1. The predicted molar refractivity (Wildman–Crippen MR) is 61.6 cm³/mol. The smallest absolute Gasteiger partial charge is 0.0793 e. The Morgan fingerprint density at radius 1 is 1.36 bits per heavy atom. The second-order valence-electron chi connectivity index (χ2n) is 2.33. The zero-order chi connectivity index (χ0) is 8.36. The molecule has 0 saturated heterocycles. The molecule has 0 rings (SSSR count). The van der Waals surface area contributed by atoms with Gasteiger partial charge in [0.25, 0.3) is 0 Å². The molecule has 0 aliphatic carbocycles. The molecule has 1 unspecified atom stereocenters. The second kappa shape index (κ2) is 10.9. The third-order valence-electron chi connectivity index (χ3n) is 1.29. The van der Waals surface area contributed by atoms with Crippen molar-refractivity contribution in [1.29, 1.82) is 0 Å². The Hall–Kier alpha value is 0.860. The van der Waals surface area contributed by atoms with E-state index >= 15 is 0 Å². The van der Waals surface area contributed by atoms with Crippen LogP contribution in [-0.4, -0.2) is 6.61 Å². The lowest BCUT2D eigenvalue weighted by Crippen LogP contribution is -1.81. The summed E-state index contributed by atoms with van der Waals surface area (Å²) < 4.78 is 5.22. The number of hydrogen-bond acceptors (Lipinski definition) is 1. The topological polar surface area (TPSA) is 9.23 Å². The van der Waals surface area contributed by atoms with Crippen LogP contribution < -0.4 is 0 Å². The Balaban J connectivity index is 2.89. The van der Waals surface area contributed by atoms with Gasteiger partial charge in [0.05, 0.1) is 13.1 Å². The average Bonchev–Trinajstić information content (AvgIpc) is 2.03. The standard InChI is InChI=1S/C8H16IOP/c1-2-3-4-5-6-7-8-10-11-9/h4-5,11H,2-3,6-8H2,1H3/b5-4+. The summed E-state index contributed by atoms with van der Waals surface area (Å²) in [5, 5.41) is 0. The van der Waals surface area contributed by atoms with Crippen LogP contribution in [0.1, 0.15) is 32.6 Å². The van der Waals surface area contributed by atoms with Gasteiger partial charge in [0.1, 0.15) is 0 Å². The number of halogens is 1. The van der Waals surface area contributed by atoms with E-state index < -0.39 is 0 Å². The molecule has 11 heavy (non-hydrogen) atoms. The van der Waals surface area contributed by atoms with Crippen LogP contribution in [0.25, 0.3) is 0 Å². The minimum Gasteiger partial charge on any atom is -0.352 e. The maximum atomic E-state index is 5.22. The average molecular weight is 286 g/mol. The molecule has 0 aliphatic rings. The third kappa shape index (κ3) is 10.9. The van der Waals surface area contributed by atoms with Gasteiger partial charge in [-0.05, 0) is 41.3 Å². The molecule has 0 aromatic carbocycles. The van der Waals surface area contributed by atoms with Gasteiger partial charge in [-0.1, -0.05) is 25.5 Å². The maximum absolute atomic E-state index is 5.22. The van der Waals surface area contributed by atoms with Gasteiger partial charge in [-0.25, -0.2) is 0 Å². The molecule has 0 amide bonds. The molecular formula is C8H16IOP. The van der Waals surface area contributed by atoms with Crippen molar-refractivity contribution in [3.63, 3.8) is 0 Å². The van der Waals surface area contributed by atoms with E-state index in [-0.39, 0.29) is 0 Å². The molecule has 0 aromatic rings. The first-order valence-corrected chi connectivity index (χ1v) is 8.06. The van der Waals surface area contributed by atoms with Gasteiger partial charge in [0.2, 0.25) is 0 Å². The van der Waals surface area contributed by atoms with Crippen molar-refractivity contribution in [1.82, 2.24) is 0 Å². The summed E-state index contributed by atoms with van der Waals surface area (Å²) in [5.74, 6) is 0. The van der Waals surface area contributed by atoms with Crippen molar-refractivity contribution in [3.8, 4) is 0 Å². The molecule has 0 N–H and O–H groups in total. The highest BCUT2D eigenvalue weighted by Crippen LogP contribution is 2.21. The molecule has 1 nitrogen and oxygen atoms in total. The first-order chi connectivity index (χ1) is 5.41. The highest BCUT2D eigenvalue weighted by molar-refractivity contribution is 14.2. The van der Waals surface area contributed by atoms with Crippen LogP contribution in [-0.2, 0) is 4.52 Å². The van der Waals surface area contributed by atoms with E-state index in [1.165, 1.54) is 19.3 Å². The minimum atomic E-state index is 0.616. The fourth-order valence-electron chi connectivity index (χ4n) is 0.714. The summed E-state index contributed by atoms with van der Waals surface area (Å²) in [6.07, 6.45) is 9.31. The molecule has 0 spiro atoms. The molecule has 3 heteroatoms. The summed E-state index contributed by atoms with van der Waals surface area (Å²) >= 11 is 2.25. The van der Waals surface area contributed by atoms with Gasteiger partial charge in [-0.3, -0.25) is 0 Å². The lowest BCUT2D eigenvalue weighted by Gasteiger charge is -1.95. The molecule has 0 aliphatic heterocycles. The van der Waals surface area contributed by atoms with Crippen molar-refractivity contribution in [3.05, 3.63) is 12.2 Å². The molecule has 0 radical (unpaired) electrons. The van der Waals surface area contributed by atoms with Crippen molar-refractivity contribution in [2.45, 2.75) is 32.6 Å². The number of allylic oxidation sites excluding steroid dienone is 2. The Morgan fingerprint density at radius 2 is 2.09 bits per heavy atom. The molecule has 0 heterocycles. The zero-order valence-electron chi connectivity index (χ0n) is 6.98. The van der Waals surface area contributed by atoms with Crippen LogP contribution >= 0.6 is 28.5 Å². The Labute approximate surface area is 84.3 Å². The van der Waals surface area contributed by atoms with Crippen molar-refractivity contribution >= 4 is 28.5 Å². The Kier molecular flexibility index (Phi) is 11.7. The van der Waals surface area contributed by atoms with Gasteiger partial charge < -0.3 is 4.52 Å². The van der Waals surface area contributed by atoms with E-state index in [2.05, 4.69) is 41.1 Å². The first kappa shape index (κ1) is 11.9. The van der Waals surface area contributed by atoms with E-state index in [0.29, 0.717) is 6.45 Å². The SMILES string of the molecule is CCC/C=C/CCCOPI. The minimum absolute atomic E-state index is 0.616. The highest BCUT2D eigenvalue weighted by atomic mass is 127. The third-order valence-corrected chi connectivity index (χ3v) is 2.54. The van der Waals surface area contributed by atoms with Gasteiger partial charge in [-0.2, -0.15) is 0 Å². The van der Waals surface area contributed by atoms with Gasteiger partial charge in [0.15, 0.2) is 0 Å². The number of rotatable bonds is 7. The molecule has 0 saturated carbocycles. The summed E-state index contributed by atoms with van der Waals surface area (Å²) in [7, 11) is 0. The molecule has 0 fully saturated rings. The number of unbranched alkanes of at least 4 members (excludes halogenated alkanes) is 2. The van der Waals surface area contributed by atoms with Crippen LogP contribution in [0.5, 0.6) is 0 Å². The van der Waals surface area contributed by atoms with Crippen molar-refractivity contribution < 1.29 is 4.52 Å². The fourth-order valence-corrected chi connectivity index (χ4v) is 1.60. The van der Waals surface area contributed by atoms with E-state index in [9.17, 15) is 0 Å². The summed E-state index contributed by atoms with van der Waals surface area (Å²) in [4.78, 5) is 0. The van der Waals surface area contributed by atoms with E-state index in [1.54, 1.807) is 0 Å². The van der Waals surface area contributed by atoms with Crippen LogP contribution in [0.4, 0.5) is 0 Å². The van der Waals surface area contributed by atoms with E-state index in [0.717, 1.165) is 13.0 Å². The Bertz CT molecular complexity index is 96.1. The molecule has 66 valence electrons. The second-order valence-corrected chi connectivity index (χ2v) is 4.09. The fraction of sp³-hybridized carbons (Fsp3) is 0.750. The first-order valence-electron chi connectivity index (χ1n) is 4.04. The lowest BCUT2D eigenvalue weighted by atomic mass is 10.2. The molecular weight excluding hydrogens is 270 g/mol. The normalized spacial score (nSPS) is 12.2. The van der Waals surface area contributed by atoms with Gasteiger partial charge >= 0.3 is 0 Å². The van der Waals surface area contributed by atoms with E-state index in [4.69, 9.17) is 4.52 Å². The summed E-state index contributed by atoms with van der Waals surface area (Å²) in [6, 6.07) is 0. The summed E-state index contributed by atoms with van der Waals surface area (Å²) in [6.45, 7) is 3.73. The Morgan fingerprint density at radius 3 is 2.73 bits per heavy atom. The summed E-state index contributed by atoms with van der Waals surface area (Å²) in [5.41, 5.74) is 0. The van der Waals surface area contributed by atoms with Gasteiger partial charge in [-0.15, -0.1) is 0 Å². The van der Waals surface area contributed by atoms with Gasteiger partial charge in [0, 0.05) is 0 Å². The maximum Gasteiger partial charge on any atom is 0.0793 e. The van der Waals surface area contributed by atoms with Crippen LogP contribution in [0, 0.1) is 0 Å². The lowest BCUT2D eigenvalue weighted by molar-refractivity contribution is 0.363. The predicted octanol–water partition coefficient (Wildman–Crippen LogP) is 4.08. The molecule has 0 bridgehead atoms. The number of hydrogen-bond donors (Lipinski definition) is 0. The van der Waals surface area contributed by atoms with Crippen molar-refractivity contribution in [2.75, 3.05) is 6.61 Å². The van der Waals surface area contributed by atoms with E-state index in [1.807, 2.05) is 0 Å². The highest BCUT2D eigenvalue weighted by Gasteiger charge is 1.83. The largest absolute Gasteiger partial charge is 0.352 e.